The van der Waals surface area contributed by atoms with E-state index in [2.05, 4.69) is 12.6 Å². The van der Waals surface area contributed by atoms with Crippen LogP contribution in [0.3, 0.4) is 0 Å². The zero-order valence-corrected chi connectivity index (χ0v) is 7.59. The van der Waals surface area contributed by atoms with Crippen molar-refractivity contribution in [1.82, 2.24) is 0 Å². The number of hydrogen-bond acceptors (Lipinski definition) is 1. The van der Waals surface area contributed by atoms with Crippen molar-refractivity contribution < 1.29 is 0 Å². The van der Waals surface area contributed by atoms with E-state index in [0.717, 1.165) is 16.7 Å². The first-order chi connectivity index (χ1) is 6.20. The van der Waals surface area contributed by atoms with Gasteiger partial charge in [0.15, 0.2) is 0 Å². The maximum Gasteiger partial charge on any atom is 0.0615 e. The molecule has 1 aliphatic rings. The SMILES string of the molecule is C=C1C(=N)C=C(C)c2ccccc21. The molecular formula is C12H11N. The highest BCUT2D eigenvalue weighted by molar-refractivity contribution is 6.31. The van der Waals surface area contributed by atoms with Gasteiger partial charge in [0.05, 0.1) is 5.71 Å². The van der Waals surface area contributed by atoms with Crippen molar-refractivity contribution in [1.29, 1.82) is 5.41 Å². The first kappa shape index (κ1) is 7.99. The average Bonchev–Trinajstić information content (AvgIpc) is 2.15. The van der Waals surface area contributed by atoms with E-state index in [4.69, 9.17) is 5.41 Å². The van der Waals surface area contributed by atoms with Crippen LogP contribution in [0.2, 0.25) is 0 Å². The molecule has 1 aliphatic carbocycles. The molecule has 0 amide bonds. The van der Waals surface area contributed by atoms with Crippen LogP contribution in [-0.4, -0.2) is 5.71 Å². The summed E-state index contributed by atoms with van der Waals surface area (Å²) < 4.78 is 0. The third-order valence-electron chi connectivity index (χ3n) is 2.36. The van der Waals surface area contributed by atoms with Crippen molar-refractivity contribution >= 4 is 16.9 Å². The Hall–Kier alpha value is -1.63. The van der Waals surface area contributed by atoms with Crippen molar-refractivity contribution in [3.8, 4) is 0 Å². The second-order valence-corrected chi connectivity index (χ2v) is 3.27. The number of nitrogens with one attached hydrogen (secondary N) is 1. The summed E-state index contributed by atoms with van der Waals surface area (Å²) in [4.78, 5) is 0. The molecule has 13 heavy (non-hydrogen) atoms. The predicted octanol–water partition coefficient (Wildman–Crippen LogP) is 3.14. The summed E-state index contributed by atoms with van der Waals surface area (Å²) in [7, 11) is 0. The molecule has 0 saturated carbocycles. The molecule has 1 heteroatoms. The lowest BCUT2D eigenvalue weighted by Gasteiger charge is -2.17. The summed E-state index contributed by atoms with van der Waals surface area (Å²) in [5.74, 6) is 0. The van der Waals surface area contributed by atoms with Gasteiger partial charge in [-0.2, -0.15) is 0 Å². The molecule has 1 aromatic carbocycles. The first-order valence-electron chi connectivity index (χ1n) is 4.26. The van der Waals surface area contributed by atoms with Crippen molar-refractivity contribution in [2.24, 2.45) is 0 Å². The number of hydrogen-bond donors (Lipinski definition) is 1. The Morgan fingerprint density at radius 1 is 1.15 bits per heavy atom. The van der Waals surface area contributed by atoms with Crippen LogP contribution in [0.15, 0.2) is 36.9 Å². The quantitative estimate of drug-likeness (QED) is 0.617. The van der Waals surface area contributed by atoms with Gasteiger partial charge in [0.2, 0.25) is 0 Å². The van der Waals surface area contributed by atoms with Gasteiger partial charge >= 0.3 is 0 Å². The Bertz CT molecular complexity index is 425. The fraction of sp³-hybridized carbons (Fsp3) is 0.0833. The second kappa shape index (κ2) is 2.70. The Kier molecular flexibility index (Phi) is 1.66. The molecule has 0 saturated heterocycles. The smallest absolute Gasteiger partial charge is 0.0615 e. The normalized spacial score (nSPS) is 15.3. The molecular weight excluding hydrogens is 158 g/mol. The fourth-order valence-corrected chi connectivity index (χ4v) is 1.62. The van der Waals surface area contributed by atoms with Crippen LogP contribution >= 0.6 is 0 Å². The predicted molar refractivity (Wildman–Crippen MR) is 56.9 cm³/mol. The monoisotopic (exact) mass is 169 g/mol. The summed E-state index contributed by atoms with van der Waals surface area (Å²) >= 11 is 0. The van der Waals surface area contributed by atoms with E-state index < -0.39 is 0 Å². The van der Waals surface area contributed by atoms with Crippen molar-refractivity contribution in [2.45, 2.75) is 6.92 Å². The molecule has 1 aromatic rings. The van der Waals surface area contributed by atoms with Crippen molar-refractivity contribution in [3.05, 3.63) is 48.0 Å². The minimum absolute atomic E-state index is 0.524. The molecule has 0 fully saturated rings. The van der Waals surface area contributed by atoms with Gasteiger partial charge in [-0.25, -0.2) is 0 Å². The molecule has 0 spiro atoms. The number of allylic oxidation sites excluding steroid dienone is 3. The Balaban J connectivity index is 2.72. The van der Waals surface area contributed by atoms with Crippen LogP contribution in [0.1, 0.15) is 18.1 Å². The maximum absolute atomic E-state index is 7.68. The zero-order valence-electron chi connectivity index (χ0n) is 7.59. The van der Waals surface area contributed by atoms with E-state index in [9.17, 15) is 0 Å². The minimum atomic E-state index is 0.524. The van der Waals surface area contributed by atoms with Gasteiger partial charge in [0.25, 0.3) is 0 Å². The van der Waals surface area contributed by atoms with Gasteiger partial charge in [-0.05, 0) is 29.7 Å². The lowest BCUT2D eigenvalue weighted by Crippen LogP contribution is -2.05. The molecule has 1 N–H and O–H groups in total. The highest BCUT2D eigenvalue weighted by atomic mass is 14.4. The molecule has 0 heterocycles. The van der Waals surface area contributed by atoms with E-state index in [1.54, 1.807) is 0 Å². The Morgan fingerprint density at radius 3 is 2.46 bits per heavy atom. The third kappa shape index (κ3) is 1.13. The van der Waals surface area contributed by atoms with E-state index in [-0.39, 0.29) is 0 Å². The van der Waals surface area contributed by atoms with Gasteiger partial charge in [-0.15, -0.1) is 0 Å². The van der Waals surface area contributed by atoms with Crippen LogP contribution in [0.25, 0.3) is 11.1 Å². The molecule has 1 nitrogen and oxygen atoms in total. The van der Waals surface area contributed by atoms with Crippen LogP contribution < -0.4 is 0 Å². The van der Waals surface area contributed by atoms with Crippen molar-refractivity contribution in [2.75, 3.05) is 0 Å². The lowest BCUT2D eigenvalue weighted by molar-refractivity contribution is 1.47. The summed E-state index contributed by atoms with van der Waals surface area (Å²) in [6, 6.07) is 8.08. The van der Waals surface area contributed by atoms with Crippen LogP contribution in [0, 0.1) is 5.41 Å². The topological polar surface area (TPSA) is 23.9 Å². The summed E-state index contributed by atoms with van der Waals surface area (Å²) in [5.41, 5.74) is 4.78. The minimum Gasteiger partial charge on any atom is -0.300 e. The van der Waals surface area contributed by atoms with Gasteiger partial charge < -0.3 is 5.41 Å². The van der Waals surface area contributed by atoms with Gasteiger partial charge in [0, 0.05) is 5.57 Å². The van der Waals surface area contributed by atoms with E-state index >= 15 is 0 Å². The molecule has 0 atom stereocenters. The van der Waals surface area contributed by atoms with Crippen LogP contribution in [0.4, 0.5) is 0 Å². The largest absolute Gasteiger partial charge is 0.300 e. The standard InChI is InChI=1S/C12H11N/c1-8-7-12(13)9(2)11-6-4-3-5-10(8)11/h3-7,13H,2H2,1H3. The molecule has 64 valence electrons. The molecule has 0 aromatic heterocycles. The summed E-state index contributed by atoms with van der Waals surface area (Å²) in [5, 5.41) is 7.68. The average molecular weight is 169 g/mol. The Morgan fingerprint density at radius 2 is 1.77 bits per heavy atom. The fourth-order valence-electron chi connectivity index (χ4n) is 1.62. The van der Waals surface area contributed by atoms with Crippen LogP contribution in [-0.2, 0) is 0 Å². The van der Waals surface area contributed by atoms with Crippen LogP contribution in [0.5, 0.6) is 0 Å². The highest BCUT2D eigenvalue weighted by Crippen LogP contribution is 2.30. The van der Waals surface area contributed by atoms with Gasteiger partial charge in [0.1, 0.15) is 0 Å². The Labute approximate surface area is 77.9 Å². The number of fused-ring (bicyclic) bond motifs is 1. The summed E-state index contributed by atoms with van der Waals surface area (Å²) in [6.45, 7) is 5.93. The number of benzene rings is 1. The molecule has 0 unspecified atom stereocenters. The van der Waals surface area contributed by atoms with Gasteiger partial charge in [-0.1, -0.05) is 30.8 Å². The molecule has 0 radical (unpaired) electrons. The van der Waals surface area contributed by atoms with Crippen molar-refractivity contribution in [3.63, 3.8) is 0 Å². The molecule has 2 rings (SSSR count). The summed E-state index contributed by atoms with van der Waals surface area (Å²) in [6.07, 6.45) is 1.87. The van der Waals surface area contributed by atoms with Gasteiger partial charge in [-0.3, -0.25) is 0 Å². The molecule has 0 bridgehead atoms. The number of rotatable bonds is 0. The van der Waals surface area contributed by atoms with E-state index in [1.807, 2.05) is 31.2 Å². The molecule has 0 aliphatic heterocycles. The third-order valence-corrected chi connectivity index (χ3v) is 2.36. The first-order valence-corrected chi connectivity index (χ1v) is 4.26. The van der Waals surface area contributed by atoms with E-state index in [0.29, 0.717) is 5.71 Å². The zero-order chi connectivity index (χ0) is 9.42. The second-order valence-electron chi connectivity index (χ2n) is 3.27. The lowest BCUT2D eigenvalue weighted by atomic mass is 9.87. The van der Waals surface area contributed by atoms with E-state index in [1.165, 1.54) is 5.56 Å². The maximum atomic E-state index is 7.68. The highest BCUT2D eigenvalue weighted by Gasteiger charge is 2.14.